The summed E-state index contributed by atoms with van der Waals surface area (Å²) in [6.07, 6.45) is 1.98. The average molecular weight is 231 g/mol. The highest BCUT2D eigenvalue weighted by atomic mass is 16.5. The van der Waals surface area contributed by atoms with Crippen LogP contribution < -0.4 is 5.32 Å². The van der Waals surface area contributed by atoms with Gasteiger partial charge in [0.15, 0.2) is 0 Å². The number of carbonyl (C=O) groups is 2. The fourth-order valence-corrected chi connectivity index (χ4v) is 1.33. The van der Waals surface area contributed by atoms with Crippen molar-refractivity contribution >= 4 is 11.9 Å². The van der Waals surface area contributed by atoms with Crippen molar-refractivity contribution in [1.82, 2.24) is 5.32 Å². The third-order valence-corrected chi connectivity index (χ3v) is 2.38. The lowest BCUT2D eigenvalue weighted by molar-refractivity contribution is -0.138. The van der Waals surface area contributed by atoms with Gasteiger partial charge in [-0.3, -0.25) is 9.59 Å². The molecule has 0 radical (unpaired) electrons. The van der Waals surface area contributed by atoms with Gasteiger partial charge in [-0.1, -0.05) is 13.3 Å². The zero-order valence-electron chi connectivity index (χ0n) is 9.99. The lowest BCUT2D eigenvalue weighted by Crippen LogP contribution is -2.30. The highest BCUT2D eigenvalue weighted by Crippen LogP contribution is 2.06. The number of carboxylic acids is 1. The lowest BCUT2D eigenvalue weighted by atomic mass is 10.0. The van der Waals surface area contributed by atoms with Crippen molar-refractivity contribution in [1.29, 1.82) is 0 Å². The van der Waals surface area contributed by atoms with Gasteiger partial charge >= 0.3 is 5.97 Å². The number of hydrogen-bond donors (Lipinski definition) is 2. The highest BCUT2D eigenvalue weighted by Gasteiger charge is 2.12. The van der Waals surface area contributed by atoms with E-state index in [1.54, 1.807) is 7.11 Å². The minimum atomic E-state index is -0.819. The van der Waals surface area contributed by atoms with Gasteiger partial charge < -0.3 is 15.2 Å². The fourth-order valence-electron chi connectivity index (χ4n) is 1.33. The monoisotopic (exact) mass is 231 g/mol. The first-order valence-electron chi connectivity index (χ1n) is 5.57. The van der Waals surface area contributed by atoms with Crippen LogP contribution >= 0.6 is 0 Å². The summed E-state index contributed by atoms with van der Waals surface area (Å²) in [5.74, 6) is -0.842. The quantitative estimate of drug-likeness (QED) is 0.581. The van der Waals surface area contributed by atoms with Crippen molar-refractivity contribution < 1.29 is 19.4 Å². The Morgan fingerprint density at radius 2 is 2.12 bits per heavy atom. The van der Waals surface area contributed by atoms with Gasteiger partial charge in [-0.25, -0.2) is 0 Å². The summed E-state index contributed by atoms with van der Waals surface area (Å²) in [7, 11) is 1.60. The summed E-state index contributed by atoms with van der Waals surface area (Å²) in [5, 5.41) is 11.4. The predicted molar refractivity (Wildman–Crippen MR) is 60.2 cm³/mol. The zero-order chi connectivity index (χ0) is 12.4. The molecule has 5 heteroatoms. The molecule has 0 heterocycles. The van der Waals surface area contributed by atoms with E-state index in [2.05, 4.69) is 5.32 Å². The van der Waals surface area contributed by atoms with E-state index in [9.17, 15) is 9.59 Å². The summed E-state index contributed by atoms with van der Waals surface area (Å²) in [6, 6.07) is 0. The van der Waals surface area contributed by atoms with E-state index in [-0.39, 0.29) is 18.2 Å². The second-order valence-corrected chi connectivity index (χ2v) is 3.77. The van der Waals surface area contributed by atoms with E-state index in [0.717, 1.165) is 6.42 Å². The molecule has 0 bridgehead atoms. The molecule has 1 atom stereocenters. The Labute approximate surface area is 96.2 Å². The van der Waals surface area contributed by atoms with Crippen LogP contribution in [-0.4, -0.2) is 37.2 Å². The summed E-state index contributed by atoms with van der Waals surface area (Å²) in [4.78, 5) is 21.8. The molecule has 0 saturated heterocycles. The largest absolute Gasteiger partial charge is 0.481 e. The molecule has 0 aromatic rings. The number of carboxylic acid groups (broad SMARTS) is 1. The molecular weight excluding hydrogens is 210 g/mol. The van der Waals surface area contributed by atoms with Crippen molar-refractivity contribution in [2.75, 3.05) is 20.3 Å². The maximum Gasteiger partial charge on any atom is 0.303 e. The van der Waals surface area contributed by atoms with Crippen LogP contribution in [0.25, 0.3) is 0 Å². The Bertz CT molecular complexity index is 218. The molecule has 0 saturated carbocycles. The van der Waals surface area contributed by atoms with Crippen LogP contribution in [0, 0.1) is 5.92 Å². The molecule has 0 spiro atoms. The molecule has 0 aromatic carbocycles. The van der Waals surface area contributed by atoms with Gasteiger partial charge in [-0.2, -0.15) is 0 Å². The average Bonchev–Trinajstić information content (AvgIpc) is 2.24. The molecule has 16 heavy (non-hydrogen) atoms. The van der Waals surface area contributed by atoms with E-state index in [1.165, 1.54) is 0 Å². The fraction of sp³-hybridized carbons (Fsp3) is 0.818. The van der Waals surface area contributed by atoms with E-state index >= 15 is 0 Å². The summed E-state index contributed by atoms with van der Waals surface area (Å²) in [6.45, 7) is 2.93. The van der Waals surface area contributed by atoms with Crippen molar-refractivity contribution in [2.45, 2.75) is 32.6 Å². The number of ether oxygens (including phenoxy) is 1. The maximum atomic E-state index is 11.3. The molecule has 94 valence electrons. The summed E-state index contributed by atoms with van der Waals surface area (Å²) < 4.78 is 4.83. The second kappa shape index (κ2) is 9.15. The Kier molecular flexibility index (Phi) is 8.52. The molecular formula is C11H21NO4. The first-order valence-corrected chi connectivity index (χ1v) is 5.57. The van der Waals surface area contributed by atoms with Crippen LogP contribution in [0.3, 0.4) is 0 Å². The van der Waals surface area contributed by atoms with Gasteiger partial charge in [-0.05, 0) is 12.3 Å². The molecule has 0 aliphatic carbocycles. The van der Waals surface area contributed by atoms with Crippen molar-refractivity contribution in [3.05, 3.63) is 0 Å². The van der Waals surface area contributed by atoms with Crippen molar-refractivity contribution in [3.63, 3.8) is 0 Å². The number of aliphatic carboxylic acids is 1. The molecule has 0 rings (SSSR count). The smallest absolute Gasteiger partial charge is 0.303 e. The first-order chi connectivity index (χ1) is 7.60. The zero-order valence-corrected chi connectivity index (χ0v) is 9.99. The third kappa shape index (κ3) is 8.23. The molecule has 0 aliphatic rings. The van der Waals surface area contributed by atoms with Crippen LogP contribution in [0.4, 0.5) is 0 Å². The number of hydrogen-bond acceptors (Lipinski definition) is 3. The second-order valence-electron chi connectivity index (χ2n) is 3.77. The third-order valence-electron chi connectivity index (χ3n) is 2.38. The SMILES string of the molecule is CCC(CNC(=O)CCCOC)CC(=O)O. The van der Waals surface area contributed by atoms with Crippen LogP contribution in [0.15, 0.2) is 0 Å². The number of carbonyl (C=O) groups excluding carboxylic acids is 1. The Morgan fingerprint density at radius 1 is 1.44 bits per heavy atom. The lowest BCUT2D eigenvalue weighted by Gasteiger charge is -2.13. The molecule has 0 aliphatic heterocycles. The Balaban J connectivity index is 3.66. The van der Waals surface area contributed by atoms with Crippen LogP contribution in [-0.2, 0) is 14.3 Å². The molecule has 1 amide bonds. The maximum absolute atomic E-state index is 11.3. The Hall–Kier alpha value is -1.10. The molecule has 2 N–H and O–H groups in total. The van der Waals surface area contributed by atoms with Crippen LogP contribution in [0.5, 0.6) is 0 Å². The van der Waals surface area contributed by atoms with E-state index in [1.807, 2.05) is 6.92 Å². The van der Waals surface area contributed by atoms with Crippen molar-refractivity contribution in [3.8, 4) is 0 Å². The minimum Gasteiger partial charge on any atom is -0.481 e. The number of rotatable bonds is 9. The molecule has 0 fully saturated rings. The van der Waals surface area contributed by atoms with Crippen LogP contribution in [0.2, 0.25) is 0 Å². The van der Waals surface area contributed by atoms with Gasteiger partial charge in [0.25, 0.3) is 0 Å². The topological polar surface area (TPSA) is 75.6 Å². The summed E-state index contributed by atoms with van der Waals surface area (Å²) in [5.41, 5.74) is 0. The molecule has 1 unspecified atom stereocenters. The van der Waals surface area contributed by atoms with Crippen LogP contribution in [0.1, 0.15) is 32.6 Å². The van der Waals surface area contributed by atoms with Gasteiger partial charge in [0.2, 0.25) is 5.91 Å². The normalized spacial score (nSPS) is 12.1. The molecule has 0 aromatic heterocycles. The number of amides is 1. The van der Waals surface area contributed by atoms with Gasteiger partial charge in [0.1, 0.15) is 0 Å². The number of nitrogens with one attached hydrogen (secondary N) is 1. The summed E-state index contributed by atoms with van der Waals surface area (Å²) >= 11 is 0. The van der Waals surface area contributed by atoms with E-state index < -0.39 is 5.97 Å². The predicted octanol–water partition coefficient (Wildman–Crippen LogP) is 1.03. The van der Waals surface area contributed by atoms with Gasteiger partial charge in [-0.15, -0.1) is 0 Å². The van der Waals surface area contributed by atoms with E-state index in [0.29, 0.717) is 26.0 Å². The van der Waals surface area contributed by atoms with E-state index in [4.69, 9.17) is 9.84 Å². The van der Waals surface area contributed by atoms with Crippen molar-refractivity contribution in [2.24, 2.45) is 5.92 Å². The Morgan fingerprint density at radius 3 is 2.62 bits per heavy atom. The van der Waals surface area contributed by atoms with Gasteiger partial charge in [0, 0.05) is 33.1 Å². The minimum absolute atomic E-state index is 0.0175. The van der Waals surface area contributed by atoms with Gasteiger partial charge in [0.05, 0.1) is 0 Å². The number of methoxy groups -OCH3 is 1. The first kappa shape index (κ1) is 14.9. The highest BCUT2D eigenvalue weighted by molar-refractivity contribution is 5.75. The standard InChI is InChI=1S/C11H21NO4/c1-3-9(7-11(14)15)8-12-10(13)5-4-6-16-2/h9H,3-8H2,1-2H3,(H,12,13)(H,14,15). The molecule has 5 nitrogen and oxygen atoms in total.